The average Bonchev–Trinajstić information content (AvgIpc) is 2.97. The molecule has 1 heterocycles. The van der Waals surface area contributed by atoms with E-state index >= 15 is 0 Å². The number of nitrogens with zero attached hydrogens (tertiary/aromatic N) is 3. The van der Waals surface area contributed by atoms with Gasteiger partial charge in [-0.2, -0.15) is 0 Å². The van der Waals surface area contributed by atoms with Crippen molar-refractivity contribution in [3.63, 3.8) is 0 Å². The van der Waals surface area contributed by atoms with Crippen LogP contribution in [0.2, 0.25) is 5.02 Å². The zero-order chi connectivity index (χ0) is 17.8. The van der Waals surface area contributed by atoms with E-state index in [2.05, 4.69) is 15.5 Å². The van der Waals surface area contributed by atoms with Gasteiger partial charge in [0.05, 0.1) is 5.75 Å². The maximum absolute atomic E-state index is 12.1. The number of benzene rings is 2. The second-order valence-corrected chi connectivity index (χ2v) is 6.72. The van der Waals surface area contributed by atoms with Crippen molar-refractivity contribution in [1.82, 2.24) is 14.9 Å². The molecule has 3 rings (SSSR count). The highest BCUT2D eigenvalue weighted by atomic mass is 35.5. The Hall–Kier alpha value is -2.51. The highest BCUT2D eigenvalue weighted by molar-refractivity contribution is 7.99. The first-order valence-electron chi connectivity index (χ1n) is 7.49. The van der Waals surface area contributed by atoms with Crippen molar-refractivity contribution in [1.29, 1.82) is 0 Å². The van der Waals surface area contributed by atoms with Crippen molar-refractivity contribution in [3.8, 4) is 11.4 Å². The predicted molar refractivity (Wildman–Crippen MR) is 101 cm³/mol. The third kappa shape index (κ3) is 4.12. The van der Waals surface area contributed by atoms with E-state index in [0.29, 0.717) is 16.0 Å². The third-order valence-corrected chi connectivity index (χ3v) is 4.67. The molecule has 0 aliphatic heterocycles. The lowest BCUT2D eigenvalue weighted by Gasteiger charge is -2.08. The maximum Gasteiger partial charge on any atom is 0.234 e. The fourth-order valence-corrected chi connectivity index (χ4v) is 3.13. The fourth-order valence-electron chi connectivity index (χ4n) is 2.24. The van der Waals surface area contributed by atoms with Crippen molar-refractivity contribution in [2.45, 2.75) is 12.1 Å². The zero-order valence-electron chi connectivity index (χ0n) is 13.4. The van der Waals surface area contributed by atoms with Gasteiger partial charge in [0.15, 0.2) is 5.82 Å². The van der Waals surface area contributed by atoms with E-state index in [1.165, 1.54) is 16.4 Å². The Labute approximate surface area is 154 Å². The summed E-state index contributed by atoms with van der Waals surface area (Å²) in [4.78, 5) is 12.1. The van der Waals surface area contributed by atoms with E-state index in [-0.39, 0.29) is 11.7 Å². The number of carbonyl (C=O) groups is 1. The van der Waals surface area contributed by atoms with Crippen LogP contribution >= 0.6 is 23.4 Å². The molecule has 0 aliphatic carbocycles. The molecule has 0 saturated heterocycles. The maximum atomic E-state index is 12.1. The lowest BCUT2D eigenvalue weighted by Crippen LogP contribution is -2.17. The Balaban J connectivity index is 1.64. The summed E-state index contributed by atoms with van der Waals surface area (Å²) < 4.78 is 1.39. The molecule has 128 valence electrons. The largest absolute Gasteiger partial charge is 0.335 e. The summed E-state index contributed by atoms with van der Waals surface area (Å²) in [6.45, 7) is 1.89. The highest BCUT2D eigenvalue weighted by Gasteiger charge is 2.14. The number of rotatable bonds is 5. The third-order valence-electron chi connectivity index (χ3n) is 3.49. The number of aryl methyl sites for hydroxylation is 1. The molecule has 1 aromatic heterocycles. The standard InChI is InChI=1S/C17H16ClN5OS/c1-11-9-13(18)7-8-14(11)20-15(24)10-25-17-22-21-16(23(17)19)12-5-3-2-4-6-12/h2-9H,10,19H2,1H3,(H,20,24). The van der Waals surface area contributed by atoms with Gasteiger partial charge in [-0.15, -0.1) is 10.2 Å². The second-order valence-electron chi connectivity index (χ2n) is 5.34. The molecule has 1 amide bonds. The molecule has 0 unspecified atom stereocenters. The first-order chi connectivity index (χ1) is 12.0. The normalized spacial score (nSPS) is 10.6. The molecule has 6 nitrogen and oxygen atoms in total. The van der Waals surface area contributed by atoms with E-state index in [1.54, 1.807) is 18.2 Å². The van der Waals surface area contributed by atoms with Crippen molar-refractivity contribution in [3.05, 3.63) is 59.1 Å². The van der Waals surface area contributed by atoms with Crippen LogP contribution in [0, 0.1) is 6.92 Å². The van der Waals surface area contributed by atoms with Crippen LogP contribution in [0.15, 0.2) is 53.7 Å². The summed E-state index contributed by atoms with van der Waals surface area (Å²) in [5.41, 5.74) is 2.50. The van der Waals surface area contributed by atoms with Gasteiger partial charge in [0.1, 0.15) is 0 Å². The van der Waals surface area contributed by atoms with Crippen molar-refractivity contribution in [2.75, 3.05) is 16.9 Å². The summed E-state index contributed by atoms with van der Waals surface area (Å²) in [5, 5.41) is 12.1. The topological polar surface area (TPSA) is 85.8 Å². The molecule has 0 bridgehead atoms. The van der Waals surface area contributed by atoms with Crippen LogP contribution in [0.5, 0.6) is 0 Å². The van der Waals surface area contributed by atoms with Crippen LogP contribution in [0.1, 0.15) is 5.56 Å². The molecule has 2 aromatic carbocycles. The monoisotopic (exact) mass is 373 g/mol. The Morgan fingerprint density at radius 3 is 2.72 bits per heavy atom. The molecule has 0 fully saturated rings. The van der Waals surface area contributed by atoms with Gasteiger partial charge >= 0.3 is 0 Å². The zero-order valence-corrected chi connectivity index (χ0v) is 15.0. The lowest BCUT2D eigenvalue weighted by molar-refractivity contribution is -0.113. The minimum atomic E-state index is -0.153. The van der Waals surface area contributed by atoms with E-state index in [0.717, 1.165) is 16.8 Å². The fraction of sp³-hybridized carbons (Fsp3) is 0.118. The van der Waals surface area contributed by atoms with Crippen molar-refractivity contribution < 1.29 is 4.79 Å². The molecule has 0 saturated carbocycles. The number of hydrogen-bond donors (Lipinski definition) is 2. The minimum Gasteiger partial charge on any atom is -0.335 e. The molecular weight excluding hydrogens is 358 g/mol. The van der Waals surface area contributed by atoms with Gasteiger partial charge in [0.2, 0.25) is 11.1 Å². The quantitative estimate of drug-likeness (QED) is 0.529. The van der Waals surface area contributed by atoms with Crippen LogP contribution in [-0.2, 0) is 4.79 Å². The van der Waals surface area contributed by atoms with Gasteiger partial charge in [-0.25, -0.2) is 4.68 Å². The average molecular weight is 374 g/mol. The van der Waals surface area contributed by atoms with Gasteiger partial charge in [0.25, 0.3) is 0 Å². The number of amides is 1. The second kappa shape index (κ2) is 7.58. The molecule has 0 radical (unpaired) electrons. The number of anilines is 1. The molecule has 0 spiro atoms. The molecular formula is C17H16ClN5OS. The molecule has 3 aromatic rings. The first kappa shape index (κ1) is 17.3. The Morgan fingerprint density at radius 1 is 1.24 bits per heavy atom. The Morgan fingerprint density at radius 2 is 2.00 bits per heavy atom. The van der Waals surface area contributed by atoms with Crippen molar-refractivity contribution >= 4 is 35.0 Å². The number of halogens is 1. The number of nitrogen functional groups attached to an aromatic ring is 1. The van der Waals surface area contributed by atoms with E-state index in [1.807, 2.05) is 37.3 Å². The minimum absolute atomic E-state index is 0.153. The molecule has 0 aliphatic rings. The van der Waals surface area contributed by atoms with Gasteiger partial charge in [-0.1, -0.05) is 53.7 Å². The number of nitrogens with two attached hydrogens (primary N) is 1. The number of carbonyl (C=O) groups excluding carboxylic acids is 1. The molecule has 25 heavy (non-hydrogen) atoms. The van der Waals surface area contributed by atoms with Gasteiger partial charge in [0, 0.05) is 16.3 Å². The number of hydrogen-bond acceptors (Lipinski definition) is 5. The highest BCUT2D eigenvalue weighted by Crippen LogP contribution is 2.23. The molecule has 8 heteroatoms. The number of nitrogens with one attached hydrogen (secondary N) is 1. The van der Waals surface area contributed by atoms with Crippen LogP contribution in [0.3, 0.4) is 0 Å². The molecule has 0 atom stereocenters. The van der Waals surface area contributed by atoms with Crippen LogP contribution in [0.4, 0.5) is 5.69 Å². The summed E-state index contributed by atoms with van der Waals surface area (Å²) >= 11 is 7.14. The van der Waals surface area contributed by atoms with Gasteiger partial charge in [-0.05, 0) is 30.7 Å². The predicted octanol–water partition coefficient (Wildman–Crippen LogP) is 3.35. The van der Waals surface area contributed by atoms with Crippen LogP contribution in [0.25, 0.3) is 11.4 Å². The molecule has 3 N–H and O–H groups in total. The van der Waals surface area contributed by atoms with E-state index < -0.39 is 0 Å². The van der Waals surface area contributed by atoms with Gasteiger partial charge < -0.3 is 11.2 Å². The van der Waals surface area contributed by atoms with E-state index in [4.69, 9.17) is 17.4 Å². The lowest BCUT2D eigenvalue weighted by atomic mass is 10.2. The first-order valence-corrected chi connectivity index (χ1v) is 8.85. The number of aromatic nitrogens is 3. The van der Waals surface area contributed by atoms with Gasteiger partial charge in [-0.3, -0.25) is 4.79 Å². The van der Waals surface area contributed by atoms with Crippen LogP contribution < -0.4 is 11.2 Å². The van der Waals surface area contributed by atoms with Crippen molar-refractivity contribution in [2.24, 2.45) is 0 Å². The van der Waals surface area contributed by atoms with E-state index in [9.17, 15) is 4.79 Å². The van der Waals surface area contributed by atoms with Crippen LogP contribution in [-0.4, -0.2) is 26.5 Å². The summed E-state index contributed by atoms with van der Waals surface area (Å²) in [6.07, 6.45) is 0. The Kier molecular flexibility index (Phi) is 5.25. The smallest absolute Gasteiger partial charge is 0.234 e. The summed E-state index contributed by atoms with van der Waals surface area (Å²) in [7, 11) is 0. The summed E-state index contributed by atoms with van der Waals surface area (Å²) in [6, 6.07) is 14.8. The summed E-state index contributed by atoms with van der Waals surface area (Å²) in [5.74, 6) is 6.61. The SMILES string of the molecule is Cc1cc(Cl)ccc1NC(=O)CSc1nnc(-c2ccccc2)n1N. The number of thioether (sulfide) groups is 1. The Bertz CT molecular complexity index is 897.